The summed E-state index contributed by atoms with van der Waals surface area (Å²) in [5.74, 6) is 3.37. The molecule has 4 heteroatoms. The highest BCUT2D eigenvalue weighted by molar-refractivity contribution is 7.99. The van der Waals surface area contributed by atoms with Gasteiger partial charge in [-0.15, -0.1) is 0 Å². The first-order valence-corrected chi connectivity index (χ1v) is 6.80. The second-order valence-electron chi connectivity index (χ2n) is 4.00. The van der Waals surface area contributed by atoms with Crippen molar-refractivity contribution in [3.8, 4) is 11.5 Å². The summed E-state index contributed by atoms with van der Waals surface area (Å²) >= 11 is 1.89. The Balaban J connectivity index is 2.25. The number of para-hydroxylation sites is 1. The summed E-state index contributed by atoms with van der Waals surface area (Å²) in [6, 6.07) is 5.45. The molecule has 17 heavy (non-hydrogen) atoms. The van der Waals surface area contributed by atoms with Gasteiger partial charge in [0.25, 0.3) is 0 Å². The number of hydrogen-bond donors (Lipinski definition) is 0. The van der Waals surface area contributed by atoms with E-state index in [1.165, 1.54) is 6.92 Å². The fourth-order valence-electron chi connectivity index (χ4n) is 1.88. The van der Waals surface area contributed by atoms with Gasteiger partial charge in [0.15, 0.2) is 17.3 Å². The summed E-state index contributed by atoms with van der Waals surface area (Å²) in [4.78, 5) is 11.5. The standard InChI is InChI=1S/C13H16O3S/c1-9(14)11-4-3-5-12(13(11)15-2)16-10-6-7-17-8-10/h3-5,10H,6-8H2,1-2H3. The maximum atomic E-state index is 11.5. The van der Waals surface area contributed by atoms with Crippen molar-refractivity contribution >= 4 is 17.5 Å². The van der Waals surface area contributed by atoms with Gasteiger partial charge in [-0.25, -0.2) is 0 Å². The van der Waals surface area contributed by atoms with Gasteiger partial charge in [-0.3, -0.25) is 4.79 Å². The number of carbonyl (C=O) groups excluding carboxylic acids is 1. The van der Waals surface area contributed by atoms with Gasteiger partial charge in [0.1, 0.15) is 6.10 Å². The predicted molar refractivity (Wildman–Crippen MR) is 69.4 cm³/mol. The van der Waals surface area contributed by atoms with E-state index in [0.717, 1.165) is 17.9 Å². The van der Waals surface area contributed by atoms with Gasteiger partial charge in [-0.1, -0.05) is 6.07 Å². The largest absolute Gasteiger partial charge is 0.492 e. The van der Waals surface area contributed by atoms with Crippen LogP contribution in [0.3, 0.4) is 0 Å². The summed E-state index contributed by atoms with van der Waals surface area (Å²) in [6.45, 7) is 1.53. The van der Waals surface area contributed by atoms with Gasteiger partial charge in [-0.2, -0.15) is 11.8 Å². The predicted octanol–water partition coefficient (Wildman–Crippen LogP) is 2.78. The number of carbonyl (C=O) groups is 1. The van der Waals surface area contributed by atoms with Gasteiger partial charge in [0.2, 0.25) is 0 Å². The van der Waals surface area contributed by atoms with Crippen molar-refractivity contribution in [3.63, 3.8) is 0 Å². The van der Waals surface area contributed by atoms with E-state index >= 15 is 0 Å². The molecule has 1 atom stereocenters. The van der Waals surface area contributed by atoms with Crippen LogP contribution < -0.4 is 9.47 Å². The Morgan fingerprint density at radius 3 is 2.88 bits per heavy atom. The van der Waals surface area contributed by atoms with Gasteiger partial charge < -0.3 is 9.47 Å². The molecule has 0 amide bonds. The van der Waals surface area contributed by atoms with E-state index in [1.807, 2.05) is 23.9 Å². The SMILES string of the molecule is COc1c(OC2CCSC2)cccc1C(C)=O. The molecule has 1 aliphatic rings. The van der Waals surface area contributed by atoms with Crippen LogP contribution in [0.25, 0.3) is 0 Å². The van der Waals surface area contributed by atoms with Crippen LogP contribution in [0.5, 0.6) is 11.5 Å². The van der Waals surface area contributed by atoms with E-state index in [9.17, 15) is 4.79 Å². The van der Waals surface area contributed by atoms with Gasteiger partial charge in [-0.05, 0) is 31.2 Å². The highest BCUT2D eigenvalue weighted by Gasteiger charge is 2.20. The van der Waals surface area contributed by atoms with Crippen molar-refractivity contribution in [2.45, 2.75) is 19.4 Å². The number of thioether (sulfide) groups is 1. The summed E-state index contributed by atoms with van der Waals surface area (Å²) in [5, 5.41) is 0. The lowest BCUT2D eigenvalue weighted by Crippen LogP contribution is -2.15. The highest BCUT2D eigenvalue weighted by atomic mass is 32.2. The average molecular weight is 252 g/mol. The minimum absolute atomic E-state index is 0.00639. The first kappa shape index (κ1) is 12.3. The van der Waals surface area contributed by atoms with E-state index < -0.39 is 0 Å². The van der Waals surface area contributed by atoms with Gasteiger partial charge in [0.05, 0.1) is 12.7 Å². The smallest absolute Gasteiger partial charge is 0.171 e. The zero-order valence-electron chi connectivity index (χ0n) is 10.1. The number of methoxy groups -OCH3 is 1. The van der Waals surface area contributed by atoms with E-state index in [4.69, 9.17) is 9.47 Å². The molecule has 0 aliphatic carbocycles. The fraction of sp³-hybridized carbons (Fsp3) is 0.462. The van der Waals surface area contributed by atoms with E-state index in [-0.39, 0.29) is 11.9 Å². The Labute approximate surface area is 105 Å². The molecule has 0 spiro atoms. The van der Waals surface area contributed by atoms with Crippen LogP contribution >= 0.6 is 11.8 Å². The number of hydrogen-bond acceptors (Lipinski definition) is 4. The molecule has 0 radical (unpaired) electrons. The van der Waals surface area contributed by atoms with Crippen molar-refractivity contribution < 1.29 is 14.3 Å². The summed E-state index contributed by atoms with van der Waals surface area (Å²) in [5.41, 5.74) is 0.579. The molecule has 1 heterocycles. The molecule has 1 saturated heterocycles. The molecule has 0 bridgehead atoms. The first-order chi connectivity index (χ1) is 8.22. The molecule has 1 aromatic rings. The number of rotatable bonds is 4. The molecule has 1 unspecified atom stereocenters. The molecule has 1 fully saturated rings. The maximum Gasteiger partial charge on any atom is 0.171 e. The minimum atomic E-state index is -0.00639. The molecule has 0 N–H and O–H groups in total. The minimum Gasteiger partial charge on any atom is -0.492 e. The van der Waals surface area contributed by atoms with E-state index in [2.05, 4.69) is 0 Å². The summed E-state index contributed by atoms with van der Waals surface area (Å²) in [7, 11) is 1.57. The van der Waals surface area contributed by atoms with Crippen molar-refractivity contribution in [1.82, 2.24) is 0 Å². The van der Waals surface area contributed by atoms with Crippen molar-refractivity contribution in [3.05, 3.63) is 23.8 Å². The van der Waals surface area contributed by atoms with Crippen molar-refractivity contribution in [2.24, 2.45) is 0 Å². The third kappa shape index (κ3) is 2.75. The first-order valence-electron chi connectivity index (χ1n) is 5.64. The van der Waals surface area contributed by atoms with Crippen molar-refractivity contribution in [2.75, 3.05) is 18.6 Å². The Kier molecular flexibility index (Phi) is 3.94. The molecular formula is C13H16O3S. The molecular weight excluding hydrogens is 236 g/mol. The van der Waals surface area contributed by atoms with Crippen LogP contribution in [0.1, 0.15) is 23.7 Å². The normalized spacial score (nSPS) is 19.1. The molecule has 2 rings (SSSR count). The number of benzene rings is 1. The highest BCUT2D eigenvalue weighted by Crippen LogP contribution is 2.34. The second-order valence-corrected chi connectivity index (χ2v) is 5.15. The van der Waals surface area contributed by atoms with Gasteiger partial charge >= 0.3 is 0 Å². The van der Waals surface area contributed by atoms with Crippen LogP contribution in [-0.4, -0.2) is 30.5 Å². The molecule has 1 aromatic carbocycles. The maximum absolute atomic E-state index is 11.5. The topological polar surface area (TPSA) is 35.5 Å². The molecule has 92 valence electrons. The van der Waals surface area contributed by atoms with E-state index in [0.29, 0.717) is 17.1 Å². The van der Waals surface area contributed by atoms with Crippen LogP contribution in [0.4, 0.5) is 0 Å². The van der Waals surface area contributed by atoms with Crippen LogP contribution in [-0.2, 0) is 0 Å². The Bertz CT molecular complexity index is 411. The van der Waals surface area contributed by atoms with Crippen molar-refractivity contribution in [1.29, 1.82) is 0 Å². The Morgan fingerprint density at radius 2 is 2.29 bits per heavy atom. The second kappa shape index (κ2) is 5.45. The summed E-state index contributed by atoms with van der Waals surface area (Å²) < 4.78 is 11.2. The Hall–Kier alpha value is -1.16. The lowest BCUT2D eigenvalue weighted by atomic mass is 10.1. The third-order valence-corrected chi connectivity index (χ3v) is 3.88. The number of Topliss-reactive ketones (excluding diaryl/α,β-unsaturated/α-hetero) is 1. The zero-order chi connectivity index (χ0) is 12.3. The molecule has 3 nitrogen and oxygen atoms in total. The average Bonchev–Trinajstić information content (AvgIpc) is 2.81. The number of ether oxygens (including phenoxy) is 2. The monoisotopic (exact) mass is 252 g/mol. The lowest BCUT2D eigenvalue weighted by molar-refractivity contribution is 0.101. The number of ketones is 1. The molecule has 0 saturated carbocycles. The quantitative estimate of drug-likeness (QED) is 0.772. The summed E-state index contributed by atoms with van der Waals surface area (Å²) in [6.07, 6.45) is 1.29. The third-order valence-electron chi connectivity index (χ3n) is 2.74. The Morgan fingerprint density at radius 1 is 1.47 bits per heavy atom. The molecule has 1 aliphatic heterocycles. The fourth-order valence-corrected chi connectivity index (χ4v) is 2.98. The zero-order valence-corrected chi connectivity index (χ0v) is 10.9. The van der Waals surface area contributed by atoms with E-state index in [1.54, 1.807) is 13.2 Å². The molecule has 0 aromatic heterocycles. The lowest BCUT2D eigenvalue weighted by Gasteiger charge is -2.16. The van der Waals surface area contributed by atoms with Crippen LogP contribution in [0, 0.1) is 0 Å². The van der Waals surface area contributed by atoms with Crippen LogP contribution in [0.15, 0.2) is 18.2 Å². The van der Waals surface area contributed by atoms with Gasteiger partial charge in [0, 0.05) is 5.75 Å². The van der Waals surface area contributed by atoms with Crippen LogP contribution in [0.2, 0.25) is 0 Å².